The molecule has 1 atom stereocenters. The lowest BCUT2D eigenvalue weighted by atomic mass is 9.87. The molecule has 4 heteroatoms. The van der Waals surface area contributed by atoms with E-state index < -0.39 is 5.54 Å². The molecule has 1 aromatic heterocycles. The Morgan fingerprint density at radius 1 is 1.29 bits per heavy atom. The van der Waals surface area contributed by atoms with E-state index >= 15 is 0 Å². The molecule has 0 saturated carbocycles. The summed E-state index contributed by atoms with van der Waals surface area (Å²) in [6.07, 6.45) is 4.66. The number of aliphatic hydroxyl groups excluding tert-OH is 1. The molecule has 2 rings (SSSR count). The Balaban J connectivity index is 2.19. The third kappa shape index (κ3) is 3.34. The van der Waals surface area contributed by atoms with Crippen molar-refractivity contribution in [3.05, 3.63) is 54.1 Å². The molecular formula is C17H25N3O. The molecule has 1 heterocycles. The average Bonchev–Trinajstić information content (AvgIpc) is 2.99. The summed E-state index contributed by atoms with van der Waals surface area (Å²) < 4.78 is 2.18. The van der Waals surface area contributed by atoms with Gasteiger partial charge in [-0.15, -0.1) is 0 Å². The van der Waals surface area contributed by atoms with Gasteiger partial charge in [0.15, 0.2) is 0 Å². The predicted octanol–water partition coefficient (Wildman–Crippen LogP) is 2.50. The van der Waals surface area contributed by atoms with Crippen molar-refractivity contribution in [2.45, 2.75) is 38.3 Å². The molecule has 0 bridgehead atoms. The van der Waals surface area contributed by atoms with E-state index in [-0.39, 0.29) is 6.61 Å². The number of aryl methyl sites for hydroxylation is 1. The van der Waals surface area contributed by atoms with Crippen LogP contribution in [0.5, 0.6) is 0 Å². The van der Waals surface area contributed by atoms with Crippen LogP contribution < -0.4 is 5.32 Å². The van der Waals surface area contributed by atoms with Crippen molar-refractivity contribution in [3.8, 4) is 0 Å². The van der Waals surface area contributed by atoms with Gasteiger partial charge in [-0.1, -0.05) is 44.2 Å². The summed E-state index contributed by atoms with van der Waals surface area (Å²) in [6, 6.07) is 10.1. The Hall–Kier alpha value is -1.65. The molecule has 0 fully saturated rings. The van der Waals surface area contributed by atoms with Crippen LogP contribution in [0.3, 0.4) is 0 Å². The molecule has 21 heavy (non-hydrogen) atoms. The van der Waals surface area contributed by atoms with Gasteiger partial charge in [0.05, 0.1) is 12.1 Å². The van der Waals surface area contributed by atoms with Crippen LogP contribution >= 0.6 is 0 Å². The Labute approximate surface area is 126 Å². The molecule has 4 nitrogen and oxygen atoms in total. The van der Waals surface area contributed by atoms with E-state index in [0.29, 0.717) is 5.92 Å². The topological polar surface area (TPSA) is 50.1 Å². The number of nitrogens with zero attached hydrogens (tertiary/aromatic N) is 2. The summed E-state index contributed by atoms with van der Waals surface area (Å²) >= 11 is 0. The normalized spacial score (nSPS) is 14.3. The number of hydrogen-bond acceptors (Lipinski definition) is 3. The van der Waals surface area contributed by atoms with Gasteiger partial charge in [0, 0.05) is 24.9 Å². The summed E-state index contributed by atoms with van der Waals surface area (Å²) in [5, 5.41) is 13.3. The molecule has 0 spiro atoms. The number of aromatic nitrogens is 2. The molecular weight excluding hydrogens is 262 g/mol. The largest absolute Gasteiger partial charge is 0.394 e. The smallest absolute Gasteiger partial charge is 0.111 e. The highest BCUT2D eigenvalue weighted by Gasteiger charge is 2.29. The van der Waals surface area contributed by atoms with Gasteiger partial charge in [0.1, 0.15) is 5.82 Å². The van der Waals surface area contributed by atoms with Crippen LogP contribution in [-0.2, 0) is 12.1 Å². The van der Waals surface area contributed by atoms with E-state index in [0.717, 1.165) is 24.4 Å². The van der Waals surface area contributed by atoms with Crippen molar-refractivity contribution >= 4 is 0 Å². The van der Waals surface area contributed by atoms with Crippen molar-refractivity contribution in [2.75, 3.05) is 13.7 Å². The maximum absolute atomic E-state index is 9.95. The van der Waals surface area contributed by atoms with E-state index in [1.54, 1.807) is 0 Å². The Bertz CT molecular complexity index is 544. The third-order valence-electron chi connectivity index (χ3n) is 4.12. The number of rotatable bonds is 7. The number of nitrogens with one attached hydrogen (secondary N) is 1. The second-order valence-electron chi connectivity index (χ2n) is 5.74. The third-order valence-corrected chi connectivity index (χ3v) is 4.12. The van der Waals surface area contributed by atoms with Crippen molar-refractivity contribution in [3.63, 3.8) is 0 Å². The fourth-order valence-corrected chi connectivity index (χ4v) is 2.74. The maximum atomic E-state index is 9.95. The molecule has 0 radical (unpaired) electrons. The minimum absolute atomic E-state index is 0.0687. The molecule has 0 amide bonds. The summed E-state index contributed by atoms with van der Waals surface area (Å²) in [7, 11) is 1.90. The standard InChI is InChI=1S/C17H25N3O/c1-14(2)16-19-10-12-20(16)11-9-17(13-21,18-3)15-7-5-4-6-8-15/h4-8,10,12,14,18,21H,9,11,13H2,1-3H3. The number of benzene rings is 1. The first-order valence-electron chi connectivity index (χ1n) is 7.49. The van der Waals surface area contributed by atoms with E-state index in [1.165, 1.54) is 0 Å². The van der Waals surface area contributed by atoms with Crippen LogP contribution in [0.15, 0.2) is 42.7 Å². The summed E-state index contributed by atoms with van der Waals surface area (Å²) in [5.41, 5.74) is 0.695. The fraction of sp³-hybridized carbons (Fsp3) is 0.471. The van der Waals surface area contributed by atoms with E-state index in [4.69, 9.17) is 0 Å². The number of likely N-dealkylation sites (N-methyl/N-ethyl adjacent to an activating group) is 1. The molecule has 0 saturated heterocycles. The van der Waals surface area contributed by atoms with Crippen LogP contribution in [-0.4, -0.2) is 28.3 Å². The monoisotopic (exact) mass is 287 g/mol. The van der Waals surface area contributed by atoms with E-state index in [9.17, 15) is 5.11 Å². The second-order valence-corrected chi connectivity index (χ2v) is 5.74. The molecule has 2 aromatic rings. The van der Waals surface area contributed by atoms with Crippen LogP contribution in [0.25, 0.3) is 0 Å². The van der Waals surface area contributed by atoms with Crippen molar-refractivity contribution in [1.29, 1.82) is 0 Å². The van der Waals surface area contributed by atoms with Gasteiger partial charge in [-0.2, -0.15) is 0 Å². The minimum Gasteiger partial charge on any atom is -0.394 e. The van der Waals surface area contributed by atoms with Gasteiger partial charge in [-0.25, -0.2) is 4.98 Å². The summed E-state index contributed by atoms with van der Waals surface area (Å²) in [6.45, 7) is 5.18. The fourth-order valence-electron chi connectivity index (χ4n) is 2.74. The zero-order valence-electron chi connectivity index (χ0n) is 13.1. The number of aliphatic hydroxyl groups is 1. The highest BCUT2D eigenvalue weighted by molar-refractivity contribution is 5.24. The first-order chi connectivity index (χ1) is 10.1. The van der Waals surface area contributed by atoms with Crippen LogP contribution in [0.1, 0.15) is 37.6 Å². The molecule has 0 aliphatic carbocycles. The lowest BCUT2D eigenvalue weighted by Gasteiger charge is -2.32. The van der Waals surface area contributed by atoms with Crippen molar-refractivity contribution in [1.82, 2.24) is 14.9 Å². The second kappa shape index (κ2) is 6.87. The summed E-state index contributed by atoms with van der Waals surface area (Å²) in [4.78, 5) is 4.42. The lowest BCUT2D eigenvalue weighted by Crippen LogP contribution is -2.44. The lowest BCUT2D eigenvalue weighted by molar-refractivity contribution is 0.153. The Morgan fingerprint density at radius 3 is 2.57 bits per heavy atom. The highest BCUT2D eigenvalue weighted by Crippen LogP contribution is 2.25. The van der Waals surface area contributed by atoms with Crippen LogP contribution in [0.2, 0.25) is 0 Å². The first kappa shape index (κ1) is 15.7. The number of imidazole rings is 1. The van der Waals surface area contributed by atoms with Gasteiger partial charge in [-0.05, 0) is 19.0 Å². The van der Waals surface area contributed by atoms with Gasteiger partial charge in [0.25, 0.3) is 0 Å². The van der Waals surface area contributed by atoms with Crippen LogP contribution in [0, 0.1) is 0 Å². The van der Waals surface area contributed by atoms with Gasteiger partial charge < -0.3 is 15.0 Å². The molecule has 1 aromatic carbocycles. The van der Waals surface area contributed by atoms with Crippen molar-refractivity contribution < 1.29 is 5.11 Å². The average molecular weight is 287 g/mol. The quantitative estimate of drug-likeness (QED) is 0.822. The minimum atomic E-state index is -0.417. The molecule has 0 aliphatic heterocycles. The number of hydrogen-bond donors (Lipinski definition) is 2. The Morgan fingerprint density at radius 2 is 2.00 bits per heavy atom. The van der Waals surface area contributed by atoms with Crippen LogP contribution in [0.4, 0.5) is 0 Å². The van der Waals surface area contributed by atoms with Gasteiger partial charge >= 0.3 is 0 Å². The SMILES string of the molecule is CNC(CO)(CCn1ccnc1C(C)C)c1ccccc1. The Kier molecular flexibility index (Phi) is 5.15. The first-order valence-corrected chi connectivity index (χ1v) is 7.49. The predicted molar refractivity (Wildman–Crippen MR) is 85.2 cm³/mol. The zero-order valence-corrected chi connectivity index (χ0v) is 13.1. The summed E-state index contributed by atoms with van der Waals surface area (Å²) in [5.74, 6) is 1.49. The molecule has 2 N–H and O–H groups in total. The van der Waals surface area contributed by atoms with E-state index in [1.807, 2.05) is 37.6 Å². The zero-order chi connectivity index (χ0) is 15.3. The molecule has 0 aliphatic rings. The van der Waals surface area contributed by atoms with E-state index in [2.05, 4.69) is 40.8 Å². The van der Waals surface area contributed by atoms with Crippen molar-refractivity contribution in [2.24, 2.45) is 0 Å². The highest BCUT2D eigenvalue weighted by atomic mass is 16.3. The molecule has 1 unspecified atom stereocenters. The molecule has 114 valence electrons. The van der Waals surface area contributed by atoms with Gasteiger partial charge in [-0.3, -0.25) is 0 Å². The maximum Gasteiger partial charge on any atom is 0.111 e. The van der Waals surface area contributed by atoms with Gasteiger partial charge in [0.2, 0.25) is 0 Å².